The van der Waals surface area contributed by atoms with Crippen LogP contribution in [0.3, 0.4) is 0 Å². The van der Waals surface area contributed by atoms with Crippen molar-refractivity contribution in [2.45, 2.75) is 39.5 Å². The molecule has 1 saturated heterocycles. The van der Waals surface area contributed by atoms with Gasteiger partial charge in [0.25, 0.3) is 0 Å². The molecular weight excluding hydrogens is 302 g/mol. The second-order valence-corrected chi connectivity index (χ2v) is 6.08. The molecule has 2 heterocycles. The van der Waals surface area contributed by atoms with E-state index < -0.39 is 0 Å². The number of pyridine rings is 1. The van der Waals surface area contributed by atoms with Crippen LogP contribution < -0.4 is 10.6 Å². The van der Waals surface area contributed by atoms with Crippen LogP contribution in [0.25, 0.3) is 0 Å². The van der Waals surface area contributed by atoms with Crippen LogP contribution in [0.5, 0.6) is 0 Å². The second kappa shape index (κ2) is 9.90. The number of hydrogen-bond donors (Lipinski definition) is 2. The molecule has 0 atom stereocenters. The Morgan fingerprint density at radius 3 is 3.00 bits per heavy atom. The summed E-state index contributed by atoms with van der Waals surface area (Å²) in [6.07, 6.45) is 7.30. The van der Waals surface area contributed by atoms with E-state index in [0.717, 1.165) is 57.9 Å². The summed E-state index contributed by atoms with van der Waals surface area (Å²) < 4.78 is 0. The molecule has 0 saturated carbocycles. The Labute approximate surface area is 144 Å². The van der Waals surface area contributed by atoms with Gasteiger partial charge in [0.05, 0.1) is 0 Å². The molecule has 6 heteroatoms. The summed E-state index contributed by atoms with van der Waals surface area (Å²) in [4.78, 5) is 22.2. The van der Waals surface area contributed by atoms with Crippen LogP contribution in [-0.4, -0.2) is 54.5 Å². The van der Waals surface area contributed by atoms with Gasteiger partial charge in [0.15, 0.2) is 5.96 Å². The summed E-state index contributed by atoms with van der Waals surface area (Å²) in [5, 5.41) is 6.64. The minimum absolute atomic E-state index is 0.289. The van der Waals surface area contributed by atoms with E-state index in [-0.39, 0.29) is 5.91 Å². The highest BCUT2D eigenvalue weighted by Crippen LogP contribution is 2.09. The Morgan fingerprint density at radius 1 is 1.42 bits per heavy atom. The van der Waals surface area contributed by atoms with E-state index >= 15 is 0 Å². The smallest absolute Gasteiger partial charge is 0.222 e. The Bertz CT molecular complexity index is 558. The van der Waals surface area contributed by atoms with Gasteiger partial charge in [0.1, 0.15) is 0 Å². The summed E-state index contributed by atoms with van der Waals surface area (Å²) in [6.45, 7) is 8.28. The highest BCUT2D eigenvalue weighted by molar-refractivity contribution is 5.79. The van der Waals surface area contributed by atoms with Gasteiger partial charge in [-0.3, -0.25) is 14.8 Å². The third-order valence-corrected chi connectivity index (χ3v) is 4.19. The van der Waals surface area contributed by atoms with Crippen LogP contribution in [0, 0.1) is 6.92 Å². The molecule has 6 nitrogen and oxygen atoms in total. The lowest BCUT2D eigenvalue weighted by Crippen LogP contribution is -2.38. The first-order chi connectivity index (χ1) is 11.7. The summed E-state index contributed by atoms with van der Waals surface area (Å²) in [5.74, 6) is 1.13. The first-order valence-corrected chi connectivity index (χ1v) is 8.90. The van der Waals surface area contributed by atoms with Crippen LogP contribution >= 0.6 is 0 Å². The fourth-order valence-corrected chi connectivity index (χ4v) is 2.83. The van der Waals surface area contributed by atoms with Crippen molar-refractivity contribution in [3.05, 3.63) is 29.6 Å². The zero-order valence-electron chi connectivity index (χ0n) is 14.8. The lowest BCUT2D eigenvalue weighted by molar-refractivity contribution is -0.127. The Morgan fingerprint density at radius 2 is 2.29 bits per heavy atom. The number of carbonyl (C=O) groups is 1. The average Bonchev–Trinajstić information content (AvgIpc) is 2.98. The van der Waals surface area contributed by atoms with Crippen molar-refractivity contribution >= 4 is 11.9 Å². The number of rotatable bonds is 8. The van der Waals surface area contributed by atoms with Gasteiger partial charge in [0.2, 0.25) is 5.91 Å². The minimum Gasteiger partial charge on any atom is -0.357 e. The number of nitrogens with zero attached hydrogens (tertiary/aromatic N) is 3. The number of hydrogen-bond acceptors (Lipinski definition) is 3. The summed E-state index contributed by atoms with van der Waals surface area (Å²) in [7, 11) is 0. The molecular formula is C18H29N5O. The number of amides is 1. The number of guanidine groups is 1. The largest absolute Gasteiger partial charge is 0.357 e. The third kappa shape index (κ3) is 5.83. The molecule has 0 unspecified atom stereocenters. The fraction of sp³-hybridized carbons (Fsp3) is 0.611. The molecule has 1 aliphatic heterocycles. The molecule has 2 rings (SSSR count). The first-order valence-electron chi connectivity index (χ1n) is 8.90. The van der Waals surface area contributed by atoms with E-state index in [1.54, 1.807) is 0 Å². The van der Waals surface area contributed by atoms with Crippen molar-refractivity contribution < 1.29 is 4.79 Å². The molecule has 0 spiro atoms. The van der Waals surface area contributed by atoms with Crippen molar-refractivity contribution in [2.24, 2.45) is 4.99 Å². The molecule has 1 aromatic heterocycles. The molecule has 132 valence electrons. The summed E-state index contributed by atoms with van der Waals surface area (Å²) in [6, 6.07) is 2.06. The molecule has 0 radical (unpaired) electrons. The predicted molar refractivity (Wildman–Crippen MR) is 97.1 cm³/mol. The van der Waals surface area contributed by atoms with Gasteiger partial charge < -0.3 is 15.5 Å². The predicted octanol–water partition coefficient (Wildman–Crippen LogP) is 1.50. The molecule has 2 N–H and O–H groups in total. The average molecular weight is 331 g/mol. The molecule has 1 amide bonds. The molecule has 0 aliphatic carbocycles. The molecule has 0 aromatic carbocycles. The van der Waals surface area contributed by atoms with Crippen LogP contribution in [0.4, 0.5) is 0 Å². The maximum atomic E-state index is 11.6. The molecule has 1 aromatic rings. The van der Waals surface area contributed by atoms with Gasteiger partial charge in [-0.2, -0.15) is 0 Å². The fourth-order valence-electron chi connectivity index (χ4n) is 2.83. The van der Waals surface area contributed by atoms with E-state index in [0.29, 0.717) is 6.42 Å². The lowest BCUT2D eigenvalue weighted by atomic mass is 10.1. The number of nitrogens with one attached hydrogen (secondary N) is 2. The normalized spacial score (nSPS) is 15.0. The topological polar surface area (TPSA) is 69.6 Å². The van der Waals surface area contributed by atoms with Crippen LogP contribution in [0.2, 0.25) is 0 Å². The zero-order chi connectivity index (χ0) is 17.2. The molecule has 24 heavy (non-hydrogen) atoms. The van der Waals surface area contributed by atoms with Gasteiger partial charge >= 0.3 is 0 Å². The quantitative estimate of drug-likeness (QED) is 0.430. The van der Waals surface area contributed by atoms with Gasteiger partial charge in [-0.25, -0.2) is 0 Å². The number of carbonyl (C=O) groups excluding carboxylic acids is 1. The Balaban J connectivity index is 1.72. The van der Waals surface area contributed by atoms with E-state index in [4.69, 9.17) is 0 Å². The summed E-state index contributed by atoms with van der Waals surface area (Å²) in [5.41, 5.74) is 2.53. The number of aryl methyl sites for hydroxylation is 1. The van der Waals surface area contributed by atoms with Crippen molar-refractivity contribution in [2.75, 3.05) is 32.7 Å². The lowest BCUT2D eigenvalue weighted by Gasteiger charge is -2.15. The Hall–Kier alpha value is -2.11. The van der Waals surface area contributed by atoms with Gasteiger partial charge in [-0.05, 0) is 50.3 Å². The van der Waals surface area contributed by atoms with Crippen LogP contribution in [0.1, 0.15) is 37.3 Å². The van der Waals surface area contributed by atoms with E-state index in [1.807, 2.05) is 17.3 Å². The maximum Gasteiger partial charge on any atom is 0.222 e. The number of aliphatic imine (C=N–C) groups is 1. The van der Waals surface area contributed by atoms with Crippen molar-refractivity contribution in [1.82, 2.24) is 20.5 Å². The van der Waals surface area contributed by atoms with Gasteiger partial charge in [-0.15, -0.1) is 0 Å². The highest BCUT2D eigenvalue weighted by atomic mass is 16.2. The monoisotopic (exact) mass is 331 g/mol. The summed E-state index contributed by atoms with van der Waals surface area (Å²) >= 11 is 0. The second-order valence-electron chi connectivity index (χ2n) is 6.08. The highest BCUT2D eigenvalue weighted by Gasteiger charge is 2.18. The Kier molecular flexibility index (Phi) is 7.52. The van der Waals surface area contributed by atoms with Gasteiger partial charge in [-0.1, -0.05) is 0 Å². The van der Waals surface area contributed by atoms with Crippen molar-refractivity contribution in [1.29, 1.82) is 0 Å². The number of aromatic nitrogens is 1. The van der Waals surface area contributed by atoms with Crippen molar-refractivity contribution in [3.8, 4) is 0 Å². The molecule has 0 bridgehead atoms. The maximum absolute atomic E-state index is 11.6. The zero-order valence-corrected chi connectivity index (χ0v) is 14.8. The van der Waals surface area contributed by atoms with Crippen LogP contribution in [0.15, 0.2) is 23.5 Å². The standard InChI is InChI=1S/C18H29N5O/c1-3-20-18(21-9-5-13-23-12-4-6-17(23)24)22-11-8-16-7-10-19-14-15(16)2/h7,10,14H,3-6,8-9,11-13H2,1-2H3,(H2,20,21,22). The molecule has 1 aliphatic rings. The first kappa shape index (κ1) is 18.2. The minimum atomic E-state index is 0.289. The van der Waals surface area contributed by atoms with Gasteiger partial charge in [0, 0.05) is 51.5 Å². The van der Waals surface area contributed by atoms with Crippen LogP contribution in [-0.2, 0) is 11.2 Å². The van der Waals surface area contributed by atoms with E-state index in [2.05, 4.69) is 40.5 Å². The van der Waals surface area contributed by atoms with E-state index in [1.165, 1.54) is 11.1 Å². The van der Waals surface area contributed by atoms with Crippen molar-refractivity contribution in [3.63, 3.8) is 0 Å². The molecule has 1 fully saturated rings. The van der Waals surface area contributed by atoms with E-state index in [9.17, 15) is 4.79 Å². The SMILES string of the molecule is CCNC(=NCCCN1CCCC1=O)NCCc1ccncc1C. The number of likely N-dealkylation sites (tertiary alicyclic amines) is 1. The third-order valence-electron chi connectivity index (χ3n) is 4.19.